The van der Waals surface area contributed by atoms with Crippen molar-refractivity contribution in [2.45, 2.75) is 57.3 Å². The third-order valence-electron chi connectivity index (χ3n) is 6.28. The molecule has 2 N–H and O–H groups in total. The number of aryl methyl sites for hydroxylation is 1. The molecule has 0 saturated heterocycles. The Morgan fingerprint density at radius 1 is 1.38 bits per heavy atom. The van der Waals surface area contributed by atoms with Gasteiger partial charge in [-0.15, -0.1) is 0 Å². The Morgan fingerprint density at radius 3 is 2.71 bits per heavy atom. The summed E-state index contributed by atoms with van der Waals surface area (Å²) in [6.07, 6.45) is 6.57. The van der Waals surface area contributed by atoms with Crippen LogP contribution in [0.1, 0.15) is 49.3 Å². The molecule has 0 radical (unpaired) electrons. The van der Waals surface area contributed by atoms with Gasteiger partial charge in [0.2, 0.25) is 11.7 Å². The summed E-state index contributed by atoms with van der Waals surface area (Å²) in [5, 5.41) is 1.64. The molecule has 1 aromatic carbocycles. The lowest BCUT2D eigenvalue weighted by molar-refractivity contribution is -0.232. The Balaban J connectivity index is 1.82. The summed E-state index contributed by atoms with van der Waals surface area (Å²) in [7, 11) is 3.66. The maximum atomic E-state index is 6.37. The number of rotatable bonds is 2. The van der Waals surface area contributed by atoms with E-state index in [4.69, 9.17) is 20.3 Å². The third kappa shape index (κ3) is 2.04. The Hall–Kier alpha value is -1.59. The highest BCUT2D eigenvalue weighted by Gasteiger charge is 2.63. The minimum atomic E-state index is -0.662. The molecule has 1 heterocycles. The van der Waals surface area contributed by atoms with Crippen LogP contribution in [0.15, 0.2) is 23.2 Å². The number of benzene rings is 1. The number of hydrogen-bond acceptors (Lipinski definition) is 5. The van der Waals surface area contributed by atoms with Gasteiger partial charge >= 0.3 is 0 Å². The SMILES string of the molecule is CCc1ccc2c(c1)C1(N=C(N)N(C)O1)[C@]1(CC[C@@H](OC)CC1)C2. The molecule has 3 aliphatic rings. The number of nitrogens with zero attached hydrogens (tertiary/aromatic N) is 2. The molecule has 1 aliphatic heterocycles. The second-order valence-corrected chi connectivity index (χ2v) is 7.44. The number of hydroxylamine groups is 2. The number of methoxy groups -OCH3 is 1. The molecule has 0 aromatic heterocycles. The second-order valence-electron chi connectivity index (χ2n) is 7.44. The lowest BCUT2D eigenvalue weighted by Crippen LogP contribution is -2.46. The van der Waals surface area contributed by atoms with E-state index in [1.165, 1.54) is 16.7 Å². The summed E-state index contributed by atoms with van der Waals surface area (Å²) in [5.41, 5.74) is 9.34. The number of guanidine groups is 1. The van der Waals surface area contributed by atoms with Crippen LogP contribution in [0.3, 0.4) is 0 Å². The summed E-state index contributed by atoms with van der Waals surface area (Å²) >= 11 is 0. The van der Waals surface area contributed by atoms with Crippen LogP contribution in [-0.2, 0) is 28.1 Å². The van der Waals surface area contributed by atoms with Crippen molar-refractivity contribution < 1.29 is 9.57 Å². The molecule has 2 aliphatic carbocycles. The molecule has 1 fully saturated rings. The molecule has 130 valence electrons. The van der Waals surface area contributed by atoms with E-state index < -0.39 is 5.72 Å². The minimum absolute atomic E-state index is 0.0217. The molecule has 5 nitrogen and oxygen atoms in total. The van der Waals surface area contributed by atoms with Crippen molar-refractivity contribution in [3.63, 3.8) is 0 Å². The lowest BCUT2D eigenvalue weighted by atomic mass is 9.66. The van der Waals surface area contributed by atoms with Gasteiger partial charge in [-0.3, -0.25) is 0 Å². The number of aliphatic imine (C=N–C) groups is 1. The van der Waals surface area contributed by atoms with Crippen LogP contribution in [0.25, 0.3) is 0 Å². The average molecular weight is 329 g/mol. The highest BCUT2D eigenvalue weighted by molar-refractivity contribution is 5.79. The van der Waals surface area contributed by atoms with Crippen LogP contribution in [0.2, 0.25) is 0 Å². The molecule has 5 heteroatoms. The van der Waals surface area contributed by atoms with E-state index in [2.05, 4.69) is 25.1 Å². The van der Waals surface area contributed by atoms with Gasteiger partial charge in [-0.2, -0.15) is 0 Å². The van der Waals surface area contributed by atoms with Crippen molar-refractivity contribution in [2.24, 2.45) is 16.1 Å². The van der Waals surface area contributed by atoms with Gasteiger partial charge < -0.3 is 10.5 Å². The standard InChI is InChI=1S/C19H27N3O2/c1-4-13-5-6-14-12-18(9-7-15(23-3)8-10-18)19(16(14)11-13)21-17(20)22(2)24-19/h5-6,11,15H,4,7-10,12H2,1-3H3,(H2,20,21)/t15-,18+,19?. The van der Waals surface area contributed by atoms with E-state index in [1.54, 1.807) is 5.06 Å². The lowest BCUT2D eigenvalue weighted by Gasteiger charge is -2.45. The first kappa shape index (κ1) is 15.9. The Kier molecular flexibility index (Phi) is 3.62. The summed E-state index contributed by atoms with van der Waals surface area (Å²) < 4.78 is 5.59. The highest BCUT2D eigenvalue weighted by Crippen LogP contribution is 2.61. The smallest absolute Gasteiger partial charge is 0.220 e. The first-order valence-electron chi connectivity index (χ1n) is 8.97. The topological polar surface area (TPSA) is 60.1 Å². The molecule has 4 rings (SSSR count). The van der Waals surface area contributed by atoms with Crippen LogP contribution < -0.4 is 5.73 Å². The fourth-order valence-corrected chi connectivity index (χ4v) is 4.80. The van der Waals surface area contributed by atoms with Gasteiger partial charge in [0.1, 0.15) is 0 Å². The molecular formula is C19H27N3O2. The van der Waals surface area contributed by atoms with E-state index in [9.17, 15) is 0 Å². The van der Waals surface area contributed by atoms with Crippen LogP contribution in [0.4, 0.5) is 0 Å². The van der Waals surface area contributed by atoms with Gasteiger partial charge in [0.25, 0.3) is 0 Å². The van der Waals surface area contributed by atoms with Crippen molar-refractivity contribution in [3.05, 3.63) is 34.9 Å². The van der Waals surface area contributed by atoms with Gasteiger partial charge in [-0.25, -0.2) is 14.9 Å². The zero-order valence-electron chi connectivity index (χ0n) is 14.8. The largest absolute Gasteiger partial charge is 0.381 e. The predicted molar refractivity (Wildman–Crippen MR) is 93.4 cm³/mol. The van der Waals surface area contributed by atoms with Crippen LogP contribution in [-0.4, -0.2) is 31.3 Å². The number of fused-ring (bicyclic) bond motifs is 3. The van der Waals surface area contributed by atoms with Crippen molar-refractivity contribution >= 4 is 5.96 Å². The number of nitrogens with two attached hydrogens (primary N) is 1. The molecule has 0 amide bonds. The molecule has 0 bridgehead atoms. The second kappa shape index (κ2) is 5.46. The molecular weight excluding hydrogens is 302 g/mol. The molecule has 24 heavy (non-hydrogen) atoms. The summed E-state index contributed by atoms with van der Waals surface area (Å²) in [6, 6.07) is 6.78. The van der Waals surface area contributed by atoms with Crippen molar-refractivity contribution in [3.8, 4) is 0 Å². The van der Waals surface area contributed by atoms with Crippen molar-refractivity contribution in [2.75, 3.05) is 14.2 Å². The fraction of sp³-hybridized carbons (Fsp3) is 0.632. The predicted octanol–water partition coefficient (Wildman–Crippen LogP) is 2.73. The first-order chi connectivity index (χ1) is 11.5. The Morgan fingerprint density at radius 2 is 2.12 bits per heavy atom. The highest BCUT2D eigenvalue weighted by atomic mass is 16.7. The number of hydrogen-bond donors (Lipinski definition) is 1. The molecule has 2 spiro atoms. The third-order valence-corrected chi connectivity index (χ3v) is 6.28. The monoisotopic (exact) mass is 329 g/mol. The van der Waals surface area contributed by atoms with Crippen LogP contribution in [0.5, 0.6) is 0 Å². The summed E-state index contributed by atoms with van der Waals surface area (Å²) in [5.74, 6) is 0.470. The maximum absolute atomic E-state index is 6.37. The van der Waals surface area contributed by atoms with Gasteiger partial charge in [0.05, 0.1) is 6.10 Å². The Labute approximate surface area is 143 Å². The van der Waals surface area contributed by atoms with Gasteiger partial charge in [0, 0.05) is 25.1 Å². The molecule has 1 atom stereocenters. The van der Waals surface area contributed by atoms with E-state index in [0.29, 0.717) is 12.1 Å². The van der Waals surface area contributed by atoms with Gasteiger partial charge in [-0.1, -0.05) is 25.1 Å². The first-order valence-corrected chi connectivity index (χ1v) is 8.97. The van der Waals surface area contributed by atoms with Crippen LogP contribution in [0, 0.1) is 5.41 Å². The normalized spacial score (nSPS) is 34.9. The Bertz CT molecular complexity index is 679. The quantitative estimate of drug-likeness (QED) is 0.906. The van der Waals surface area contributed by atoms with Crippen LogP contribution >= 0.6 is 0 Å². The zero-order chi connectivity index (χ0) is 16.9. The average Bonchev–Trinajstić information content (AvgIpc) is 3.04. The number of ether oxygens (including phenoxy) is 1. The summed E-state index contributed by atoms with van der Waals surface area (Å²) in [6.45, 7) is 2.18. The molecule has 1 unspecified atom stereocenters. The van der Waals surface area contributed by atoms with Crippen molar-refractivity contribution in [1.29, 1.82) is 0 Å². The van der Waals surface area contributed by atoms with E-state index in [0.717, 1.165) is 38.5 Å². The molecule has 1 saturated carbocycles. The van der Waals surface area contributed by atoms with E-state index in [1.807, 2.05) is 14.2 Å². The maximum Gasteiger partial charge on any atom is 0.220 e. The minimum Gasteiger partial charge on any atom is -0.381 e. The van der Waals surface area contributed by atoms with Gasteiger partial charge in [-0.05, 0) is 49.7 Å². The molecule has 1 aromatic rings. The summed E-state index contributed by atoms with van der Waals surface area (Å²) in [4.78, 5) is 11.3. The van der Waals surface area contributed by atoms with Crippen molar-refractivity contribution in [1.82, 2.24) is 5.06 Å². The zero-order valence-corrected chi connectivity index (χ0v) is 14.8. The van der Waals surface area contributed by atoms with E-state index >= 15 is 0 Å². The fourth-order valence-electron chi connectivity index (χ4n) is 4.80. The van der Waals surface area contributed by atoms with E-state index in [-0.39, 0.29) is 5.41 Å². The van der Waals surface area contributed by atoms with Gasteiger partial charge in [0.15, 0.2) is 0 Å².